The Balaban J connectivity index is 1.56. The number of hydrogen-bond donors (Lipinski definition) is 1. The predicted molar refractivity (Wildman–Crippen MR) is 94.2 cm³/mol. The lowest BCUT2D eigenvalue weighted by atomic mass is 10.1. The molecule has 0 unspecified atom stereocenters. The Morgan fingerprint density at radius 1 is 1.38 bits per heavy atom. The minimum absolute atomic E-state index is 0.320. The zero-order chi connectivity index (χ0) is 17.1. The number of ether oxygens (including phenoxy) is 1. The zero-order valence-electron chi connectivity index (χ0n) is 14.8. The minimum Gasteiger partial charge on any atom is -0.491 e. The number of benzene rings is 1. The number of rotatable bonds is 6. The monoisotopic (exact) mass is 329 g/mol. The molecule has 0 bridgehead atoms. The Kier molecular flexibility index (Phi) is 5.21. The van der Waals surface area contributed by atoms with Gasteiger partial charge in [-0.2, -0.15) is 5.10 Å². The molecule has 0 radical (unpaired) electrons. The number of aliphatic hydroxyl groups excluding tert-OH is 1. The van der Waals surface area contributed by atoms with Gasteiger partial charge in [-0.15, -0.1) is 0 Å². The Morgan fingerprint density at radius 2 is 2.21 bits per heavy atom. The van der Waals surface area contributed by atoms with Crippen LogP contribution in [0.15, 0.2) is 30.6 Å². The van der Waals surface area contributed by atoms with Crippen molar-refractivity contribution in [2.24, 2.45) is 7.05 Å². The van der Waals surface area contributed by atoms with Crippen LogP contribution in [0.1, 0.15) is 35.6 Å². The Labute approximate surface area is 143 Å². The summed E-state index contributed by atoms with van der Waals surface area (Å²) in [4.78, 5) is 2.34. The molecule has 0 spiro atoms. The second-order valence-electron chi connectivity index (χ2n) is 6.83. The standard InChI is InChI=1S/C19H27N3O2/c1-14-6-7-15(2)19(9-14)24-13-17(23)12-22-8-4-5-18(22)16-10-20-21(3)11-16/h6-7,9-11,17-18,23H,4-5,8,12-13H2,1-3H3/t17-,18+/m0/s1. The molecule has 2 atom stereocenters. The molecule has 24 heavy (non-hydrogen) atoms. The number of hydrogen-bond acceptors (Lipinski definition) is 4. The van der Waals surface area contributed by atoms with Crippen LogP contribution in [0.3, 0.4) is 0 Å². The lowest BCUT2D eigenvalue weighted by Crippen LogP contribution is -2.35. The van der Waals surface area contributed by atoms with Gasteiger partial charge in [0.15, 0.2) is 0 Å². The lowest BCUT2D eigenvalue weighted by molar-refractivity contribution is 0.0636. The Morgan fingerprint density at radius 3 is 2.96 bits per heavy atom. The number of aromatic nitrogens is 2. The van der Waals surface area contributed by atoms with Crippen LogP contribution in [0.2, 0.25) is 0 Å². The van der Waals surface area contributed by atoms with Crippen LogP contribution in [0.4, 0.5) is 0 Å². The van der Waals surface area contributed by atoms with E-state index < -0.39 is 6.10 Å². The number of β-amino-alcohol motifs (C(OH)–C–C–N with tert-alkyl or cyclic N) is 1. The van der Waals surface area contributed by atoms with E-state index in [0.717, 1.165) is 30.7 Å². The molecular weight excluding hydrogens is 302 g/mol. The Bertz CT molecular complexity index is 683. The minimum atomic E-state index is -0.498. The lowest BCUT2D eigenvalue weighted by Gasteiger charge is -2.26. The first-order chi connectivity index (χ1) is 11.5. The molecule has 0 amide bonds. The Hall–Kier alpha value is -1.85. The summed E-state index contributed by atoms with van der Waals surface area (Å²) in [5.74, 6) is 0.860. The topological polar surface area (TPSA) is 50.5 Å². The first kappa shape index (κ1) is 17.0. The third-order valence-electron chi connectivity index (χ3n) is 4.69. The maximum Gasteiger partial charge on any atom is 0.122 e. The van der Waals surface area contributed by atoms with Crippen LogP contribution < -0.4 is 4.74 Å². The van der Waals surface area contributed by atoms with Gasteiger partial charge >= 0.3 is 0 Å². The molecule has 0 saturated carbocycles. The summed E-state index contributed by atoms with van der Waals surface area (Å²) in [6.07, 6.45) is 5.78. The summed E-state index contributed by atoms with van der Waals surface area (Å²) in [5, 5.41) is 14.7. The molecule has 130 valence electrons. The van der Waals surface area contributed by atoms with Gasteiger partial charge in [0.1, 0.15) is 18.5 Å². The van der Waals surface area contributed by atoms with Gasteiger partial charge < -0.3 is 9.84 Å². The zero-order valence-corrected chi connectivity index (χ0v) is 14.8. The van der Waals surface area contributed by atoms with E-state index in [1.165, 1.54) is 11.1 Å². The molecule has 1 aliphatic rings. The summed E-state index contributed by atoms with van der Waals surface area (Å²) in [6, 6.07) is 6.50. The van der Waals surface area contributed by atoms with Crippen molar-refractivity contribution in [1.82, 2.24) is 14.7 Å². The van der Waals surface area contributed by atoms with E-state index >= 15 is 0 Å². The highest BCUT2D eigenvalue weighted by molar-refractivity contribution is 5.35. The fourth-order valence-electron chi connectivity index (χ4n) is 3.41. The van der Waals surface area contributed by atoms with Crippen LogP contribution in [-0.2, 0) is 7.05 Å². The van der Waals surface area contributed by atoms with E-state index in [1.54, 1.807) is 0 Å². The highest BCUT2D eigenvalue weighted by Gasteiger charge is 2.28. The maximum absolute atomic E-state index is 10.4. The van der Waals surface area contributed by atoms with Crippen LogP contribution in [0.25, 0.3) is 0 Å². The van der Waals surface area contributed by atoms with Gasteiger partial charge in [0.2, 0.25) is 0 Å². The average molecular weight is 329 g/mol. The third kappa shape index (κ3) is 3.97. The van der Waals surface area contributed by atoms with Gasteiger partial charge in [0.25, 0.3) is 0 Å². The largest absolute Gasteiger partial charge is 0.491 e. The molecule has 2 aromatic rings. The SMILES string of the molecule is Cc1ccc(C)c(OC[C@@H](O)CN2CCC[C@@H]2c2cnn(C)c2)c1. The number of nitrogens with zero attached hydrogens (tertiary/aromatic N) is 3. The summed E-state index contributed by atoms with van der Waals surface area (Å²) < 4.78 is 7.68. The van der Waals surface area contributed by atoms with Crippen molar-refractivity contribution in [3.63, 3.8) is 0 Å². The van der Waals surface area contributed by atoms with E-state index in [0.29, 0.717) is 19.2 Å². The highest BCUT2D eigenvalue weighted by Crippen LogP contribution is 2.31. The van der Waals surface area contributed by atoms with Crippen molar-refractivity contribution in [2.75, 3.05) is 19.7 Å². The van der Waals surface area contributed by atoms with E-state index in [-0.39, 0.29) is 0 Å². The molecule has 1 aliphatic heterocycles. The average Bonchev–Trinajstić information content (AvgIpc) is 3.17. The molecular formula is C19H27N3O2. The van der Waals surface area contributed by atoms with Crippen LogP contribution in [-0.4, -0.2) is 45.6 Å². The van der Waals surface area contributed by atoms with Crippen molar-refractivity contribution in [2.45, 2.75) is 38.8 Å². The quantitative estimate of drug-likeness (QED) is 0.885. The second kappa shape index (κ2) is 7.36. The summed E-state index contributed by atoms with van der Waals surface area (Å²) in [6.45, 7) is 6.04. The number of aryl methyl sites for hydroxylation is 3. The molecule has 1 aromatic carbocycles. The van der Waals surface area contributed by atoms with Gasteiger partial charge in [0.05, 0.1) is 6.20 Å². The van der Waals surface area contributed by atoms with Gasteiger partial charge in [-0.3, -0.25) is 9.58 Å². The van der Waals surface area contributed by atoms with Gasteiger partial charge in [-0.1, -0.05) is 12.1 Å². The van der Waals surface area contributed by atoms with Gasteiger partial charge in [0, 0.05) is 31.4 Å². The molecule has 1 aromatic heterocycles. The van der Waals surface area contributed by atoms with Gasteiger partial charge in [-0.05, 0) is 50.4 Å². The summed E-state index contributed by atoms with van der Waals surface area (Å²) >= 11 is 0. The smallest absolute Gasteiger partial charge is 0.122 e. The number of likely N-dealkylation sites (tertiary alicyclic amines) is 1. The van der Waals surface area contributed by atoms with Crippen LogP contribution >= 0.6 is 0 Å². The molecule has 2 heterocycles. The third-order valence-corrected chi connectivity index (χ3v) is 4.69. The molecule has 5 heteroatoms. The fourth-order valence-corrected chi connectivity index (χ4v) is 3.41. The summed E-state index contributed by atoms with van der Waals surface area (Å²) in [5.41, 5.74) is 3.50. The molecule has 0 aliphatic carbocycles. The van der Waals surface area contributed by atoms with Crippen molar-refractivity contribution < 1.29 is 9.84 Å². The molecule has 1 saturated heterocycles. The van der Waals surface area contributed by atoms with E-state index in [4.69, 9.17) is 4.74 Å². The van der Waals surface area contributed by atoms with E-state index in [9.17, 15) is 5.11 Å². The van der Waals surface area contributed by atoms with E-state index in [2.05, 4.69) is 28.3 Å². The van der Waals surface area contributed by atoms with Crippen LogP contribution in [0, 0.1) is 13.8 Å². The molecule has 5 nitrogen and oxygen atoms in total. The van der Waals surface area contributed by atoms with Crippen molar-refractivity contribution in [3.8, 4) is 5.75 Å². The van der Waals surface area contributed by atoms with Crippen molar-refractivity contribution in [3.05, 3.63) is 47.3 Å². The fraction of sp³-hybridized carbons (Fsp3) is 0.526. The number of aliphatic hydroxyl groups is 1. The predicted octanol–water partition coefficient (Wildman–Crippen LogP) is 2.61. The maximum atomic E-state index is 10.4. The molecule has 1 N–H and O–H groups in total. The van der Waals surface area contributed by atoms with Gasteiger partial charge in [-0.25, -0.2) is 0 Å². The first-order valence-corrected chi connectivity index (χ1v) is 8.63. The second-order valence-corrected chi connectivity index (χ2v) is 6.83. The summed E-state index contributed by atoms with van der Waals surface area (Å²) in [7, 11) is 1.94. The van der Waals surface area contributed by atoms with E-state index in [1.807, 2.05) is 37.8 Å². The molecule has 3 rings (SSSR count). The van der Waals surface area contributed by atoms with Crippen LogP contribution in [0.5, 0.6) is 5.75 Å². The highest BCUT2D eigenvalue weighted by atomic mass is 16.5. The normalized spacial score (nSPS) is 19.6. The molecule has 1 fully saturated rings. The first-order valence-electron chi connectivity index (χ1n) is 8.63. The van der Waals surface area contributed by atoms with Crippen molar-refractivity contribution >= 4 is 0 Å². The van der Waals surface area contributed by atoms with Crippen molar-refractivity contribution in [1.29, 1.82) is 0 Å².